The highest BCUT2D eigenvalue weighted by molar-refractivity contribution is 7.14. The van der Waals surface area contributed by atoms with Crippen LogP contribution in [0.1, 0.15) is 23.9 Å². The first-order chi connectivity index (χ1) is 8.20. The summed E-state index contributed by atoms with van der Waals surface area (Å²) in [6.45, 7) is 5.15. The molecule has 1 atom stereocenters. The molecule has 0 bridgehead atoms. The topological polar surface area (TPSA) is 38.9 Å². The Morgan fingerprint density at radius 3 is 2.88 bits per heavy atom. The summed E-state index contributed by atoms with van der Waals surface area (Å²) in [5.74, 6) is 0.628. The zero-order chi connectivity index (χ0) is 12.3. The van der Waals surface area contributed by atoms with Gasteiger partial charge in [-0.25, -0.2) is 4.98 Å². The predicted molar refractivity (Wildman–Crippen MR) is 76.7 cm³/mol. The number of aromatic nitrogens is 1. The third-order valence-corrected chi connectivity index (χ3v) is 4.74. The maximum Gasteiger partial charge on any atom is 0.0935 e. The van der Waals surface area contributed by atoms with Crippen molar-refractivity contribution in [3.05, 3.63) is 27.4 Å². The first kappa shape index (κ1) is 12.7. The molecule has 0 aliphatic heterocycles. The lowest BCUT2D eigenvalue weighted by atomic mass is 10.1. The molecule has 0 spiro atoms. The fourth-order valence-electron chi connectivity index (χ4n) is 1.83. The summed E-state index contributed by atoms with van der Waals surface area (Å²) < 4.78 is 0. The van der Waals surface area contributed by atoms with Crippen LogP contribution in [0.3, 0.4) is 0 Å². The van der Waals surface area contributed by atoms with Crippen LogP contribution >= 0.6 is 22.7 Å². The predicted octanol–water partition coefficient (Wildman–Crippen LogP) is 3.71. The minimum atomic E-state index is 0.628. The lowest BCUT2D eigenvalue weighted by Crippen LogP contribution is -2.07. The van der Waals surface area contributed by atoms with Crippen LogP contribution in [0, 0.1) is 12.8 Å². The lowest BCUT2D eigenvalue weighted by Gasteiger charge is -2.06. The summed E-state index contributed by atoms with van der Waals surface area (Å²) in [5.41, 5.74) is 8.03. The highest BCUT2D eigenvalue weighted by Gasteiger charge is 2.10. The van der Waals surface area contributed by atoms with E-state index in [0.29, 0.717) is 5.92 Å². The van der Waals surface area contributed by atoms with Crippen molar-refractivity contribution < 1.29 is 0 Å². The molecule has 2 rings (SSSR count). The second-order valence-electron chi connectivity index (χ2n) is 4.45. The van der Waals surface area contributed by atoms with Gasteiger partial charge in [-0.15, -0.1) is 22.7 Å². The van der Waals surface area contributed by atoms with Crippen molar-refractivity contribution in [3.8, 4) is 10.6 Å². The molecule has 0 aliphatic carbocycles. The van der Waals surface area contributed by atoms with Crippen molar-refractivity contribution >= 4 is 22.7 Å². The Morgan fingerprint density at radius 1 is 1.41 bits per heavy atom. The largest absolute Gasteiger partial charge is 0.330 e. The number of hydrogen-bond acceptors (Lipinski definition) is 4. The molecule has 2 nitrogen and oxygen atoms in total. The number of nitrogens with zero attached hydrogens (tertiary/aromatic N) is 1. The van der Waals surface area contributed by atoms with E-state index >= 15 is 0 Å². The summed E-state index contributed by atoms with van der Waals surface area (Å²) in [6, 6.07) is 2.15. The van der Waals surface area contributed by atoms with Gasteiger partial charge in [0.2, 0.25) is 0 Å². The molecule has 0 aliphatic rings. The third-order valence-electron chi connectivity index (χ3n) is 2.83. The van der Waals surface area contributed by atoms with Crippen molar-refractivity contribution in [2.75, 3.05) is 6.54 Å². The Kier molecular flexibility index (Phi) is 4.31. The van der Waals surface area contributed by atoms with Crippen molar-refractivity contribution in [1.82, 2.24) is 4.98 Å². The van der Waals surface area contributed by atoms with E-state index in [1.54, 1.807) is 22.7 Å². The lowest BCUT2D eigenvalue weighted by molar-refractivity contribution is 0.537. The van der Waals surface area contributed by atoms with E-state index in [1.165, 1.54) is 15.4 Å². The molecule has 2 aromatic heterocycles. The molecule has 0 aromatic carbocycles. The summed E-state index contributed by atoms with van der Waals surface area (Å²) in [4.78, 5) is 6.03. The molecule has 2 aromatic rings. The molecule has 2 N–H and O–H groups in total. The smallest absolute Gasteiger partial charge is 0.0935 e. The average molecular weight is 266 g/mol. The van der Waals surface area contributed by atoms with Crippen LogP contribution in [0.5, 0.6) is 0 Å². The number of thiazole rings is 1. The van der Waals surface area contributed by atoms with Gasteiger partial charge in [0, 0.05) is 11.8 Å². The SMILES string of the molecule is Cc1ccsc1-c1csc(CC(C)CCN)n1. The summed E-state index contributed by atoms with van der Waals surface area (Å²) in [6.07, 6.45) is 2.12. The molecule has 0 saturated carbocycles. The van der Waals surface area contributed by atoms with E-state index in [2.05, 4.69) is 30.7 Å². The van der Waals surface area contributed by atoms with Gasteiger partial charge in [-0.05, 0) is 42.8 Å². The van der Waals surface area contributed by atoms with Crippen LogP contribution in [0.2, 0.25) is 0 Å². The Morgan fingerprint density at radius 2 is 2.24 bits per heavy atom. The van der Waals surface area contributed by atoms with Gasteiger partial charge < -0.3 is 5.73 Å². The van der Waals surface area contributed by atoms with Gasteiger partial charge in [0.15, 0.2) is 0 Å². The Hall–Kier alpha value is -0.710. The normalized spacial score (nSPS) is 12.9. The fourth-order valence-corrected chi connectivity index (χ4v) is 3.74. The van der Waals surface area contributed by atoms with Crippen molar-refractivity contribution in [2.24, 2.45) is 11.7 Å². The van der Waals surface area contributed by atoms with Gasteiger partial charge >= 0.3 is 0 Å². The second-order valence-corrected chi connectivity index (χ2v) is 6.30. The van der Waals surface area contributed by atoms with Crippen LogP contribution in [0.25, 0.3) is 10.6 Å². The number of aryl methyl sites for hydroxylation is 1. The zero-order valence-electron chi connectivity index (χ0n) is 10.3. The first-order valence-electron chi connectivity index (χ1n) is 5.89. The Labute approximate surface area is 111 Å². The van der Waals surface area contributed by atoms with E-state index in [1.807, 2.05) is 0 Å². The summed E-state index contributed by atoms with van der Waals surface area (Å²) in [7, 11) is 0. The molecule has 0 amide bonds. The molecule has 0 radical (unpaired) electrons. The van der Waals surface area contributed by atoms with Crippen molar-refractivity contribution in [3.63, 3.8) is 0 Å². The zero-order valence-corrected chi connectivity index (χ0v) is 11.9. The standard InChI is InChI=1S/C13H18N2S2/c1-9(3-5-14)7-12-15-11(8-17-12)13-10(2)4-6-16-13/h4,6,8-9H,3,5,7,14H2,1-2H3. The molecule has 1 unspecified atom stereocenters. The van der Waals surface area contributed by atoms with Crippen LogP contribution in [-0.2, 0) is 6.42 Å². The molecule has 0 fully saturated rings. The maximum atomic E-state index is 5.57. The van der Waals surface area contributed by atoms with Gasteiger partial charge in [0.05, 0.1) is 15.6 Å². The Bertz CT molecular complexity index is 473. The van der Waals surface area contributed by atoms with Gasteiger partial charge in [-0.1, -0.05) is 6.92 Å². The second kappa shape index (κ2) is 5.76. The summed E-state index contributed by atoms with van der Waals surface area (Å²) in [5, 5.41) is 5.53. The quantitative estimate of drug-likeness (QED) is 0.896. The monoisotopic (exact) mass is 266 g/mol. The van der Waals surface area contributed by atoms with Crippen molar-refractivity contribution in [1.29, 1.82) is 0 Å². The molecule has 17 heavy (non-hydrogen) atoms. The van der Waals surface area contributed by atoms with Crippen molar-refractivity contribution in [2.45, 2.75) is 26.7 Å². The van der Waals surface area contributed by atoms with Crippen LogP contribution < -0.4 is 5.73 Å². The highest BCUT2D eigenvalue weighted by Crippen LogP contribution is 2.30. The number of thiophene rings is 1. The molecule has 2 heterocycles. The molecular weight excluding hydrogens is 248 g/mol. The Balaban J connectivity index is 2.09. The number of nitrogens with two attached hydrogens (primary N) is 1. The van der Waals surface area contributed by atoms with E-state index < -0.39 is 0 Å². The van der Waals surface area contributed by atoms with E-state index in [4.69, 9.17) is 10.7 Å². The minimum absolute atomic E-state index is 0.628. The van der Waals surface area contributed by atoms with E-state index in [0.717, 1.165) is 25.1 Å². The van der Waals surface area contributed by atoms with Gasteiger partial charge in [0.25, 0.3) is 0 Å². The van der Waals surface area contributed by atoms with Crippen LogP contribution in [0.15, 0.2) is 16.8 Å². The van der Waals surface area contributed by atoms with Crippen LogP contribution in [0.4, 0.5) is 0 Å². The molecule has 92 valence electrons. The summed E-state index contributed by atoms with van der Waals surface area (Å²) >= 11 is 3.53. The van der Waals surface area contributed by atoms with Gasteiger partial charge in [-0.3, -0.25) is 0 Å². The van der Waals surface area contributed by atoms with Crippen LogP contribution in [-0.4, -0.2) is 11.5 Å². The van der Waals surface area contributed by atoms with E-state index in [9.17, 15) is 0 Å². The first-order valence-corrected chi connectivity index (χ1v) is 7.65. The van der Waals surface area contributed by atoms with E-state index in [-0.39, 0.29) is 0 Å². The molecule has 0 saturated heterocycles. The highest BCUT2D eigenvalue weighted by atomic mass is 32.1. The van der Waals surface area contributed by atoms with Gasteiger partial charge in [0.1, 0.15) is 0 Å². The third kappa shape index (κ3) is 3.15. The number of hydrogen-bond donors (Lipinski definition) is 1. The minimum Gasteiger partial charge on any atom is -0.330 e. The maximum absolute atomic E-state index is 5.57. The number of rotatable bonds is 5. The van der Waals surface area contributed by atoms with Gasteiger partial charge in [-0.2, -0.15) is 0 Å². The fraction of sp³-hybridized carbons (Fsp3) is 0.462. The average Bonchev–Trinajstić information content (AvgIpc) is 2.87. The molecule has 4 heteroatoms. The molecular formula is C13H18N2S2.